The maximum atomic E-state index is 12.5. The van der Waals surface area contributed by atoms with Crippen molar-refractivity contribution in [2.24, 2.45) is 5.73 Å². The molecule has 19 heavy (non-hydrogen) atoms. The molecule has 1 saturated heterocycles. The molecule has 1 saturated carbocycles. The Bertz CT molecular complexity index is 289. The zero-order chi connectivity index (χ0) is 13.7. The van der Waals surface area contributed by atoms with Gasteiger partial charge in [0, 0.05) is 25.2 Å². The van der Waals surface area contributed by atoms with E-state index in [0.717, 1.165) is 32.5 Å². The van der Waals surface area contributed by atoms with Gasteiger partial charge in [0.1, 0.15) is 0 Å². The molecule has 4 nitrogen and oxygen atoms in total. The van der Waals surface area contributed by atoms with Crippen LogP contribution in [0, 0.1) is 0 Å². The summed E-state index contributed by atoms with van der Waals surface area (Å²) in [5.74, 6) is 0.309. The van der Waals surface area contributed by atoms with Crippen molar-refractivity contribution in [1.29, 1.82) is 0 Å². The summed E-state index contributed by atoms with van der Waals surface area (Å²) in [4.78, 5) is 16.8. The highest BCUT2D eigenvalue weighted by atomic mass is 16.2. The van der Waals surface area contributed by atoms with Crippen molar-refractivity contribution < 1.29 is 4.79 Å². The van der Waals surface area contributed by atoms with E-state index in [4.69, 9.17) is 5.73 Å². The van der Waals surface area contributed by atoms with E-state index in [9.17, 15) is 4.79 Å². The number of carbonyl (C=O) groups excluding carboxylic acids is 1. The molecule has 2 aliphatic rings. The third-order valence-corrected chi connectivity index (χ3v) is 4.58. The molecule has 1 amide bonds. The lowest BCUT2D eigenvalue weighted by Crippen LogP contribution is -2.50. The monoisotopic (exact) mass is 267 g/mol. The molecule has 0 radical (unpaired) electrons. The number of nitrogens with two attached hydrogens (primary N) is 1. The Labute approximate surface area is 117 Å². The van der Waals surface area contributed by atoms with Crippen LogP contribution in [-0.2, 0) is 4.79 Å². The number of hydrogen-bond acceptors (Lipinski definition) is 3. The van der Waals surface area contributed by atoms with Gasteiger partial charge in [-0.25, -0.2) is 0 Å². The van der Waals surface area contributed by atoms with Crippen LogP contribution in [0.15, 0.2) is 0 Å². The van der Waals surface area contributed by atoms with E-state index in [1.807, 2.05) is 0 Å². The smallest absolute Gasteiger partial charge is 0.236 e. The van der Waals surface area contributed by atoms with Crippen molar-refractivity contribution in [1.82, 2.24) is 9.80 Å². The summed E-state index contributed by atoms with van der Waals surface area (Å²) in [6.45, 7) is 5.44. The topological polar surface area (TPSA) is 49.6 Å². The minimum atomic E-state index is 0.256. The van der Waals surface area contributed by atoms with E-state index in [1.165, 1.54) is 32.1 Å². The van der Waals surface area contributed by atoms with Crippen LogP contribution in [-0.4, -0.2) is 54.0 Å². The highest BCUT2D eigenvalue weighted by molar-refractivity contribution is 5.78. The number of amides is 1. The Balaban J connectivity index is 1.85. The summed E-state index contributed by atoms with van der Waals surface area (Å²) >= 11 is 0. The SMILES string of the molecule is CCN(C(=O)CN1CCC[C@@H](N)C1)C1CCCCC1. The molecule has 1 heterocycles. The number of hydrogen-bond donors (Lipinski definition) is 1. The molecular formula is C15H29N3O. The van der Waals surface area contributed by atoms with Crippen LogP contribution in [0.25, 0.3) is 0 Å². The molecule has 1 aliphatic carbocycles. The third kappa shape index (κ3) is 4.18. The number of likely N-dealkylation sites (tertiary alicyclic amines) is 1. The molecule has 0 aromatic carbocycles. The fourth-order valence-electron chi connectivity index (χ4n) is 3.55. The van der Waals surface area contributed by atoms with Gasteiger partial charge >= 0.3 is 0 Å². The molecule has 1 atom stereocenters. The first-order chi connectivity index (χ1) is 9.20. The molecule has 2 rings (SSSR count). The normalized spacial score (nSPS) is 26.3. The number of likely N-dealkylation sites (N-methyl/N-ethyl adjacent to an activating group) is 1. The van der Waals surface area contributed by atoms with Gasteiger partial charge in [0.15, 0.2) is 0 Å². The van der Waals surface area contributed by atoms with Crippen LogP contribution in [0.1, 0.15) is 51.9 Å². The summed E-state index contributed by atoms with van der Waals surface area (Å²) in [5, 5.41) is 0. The van der Waals surface area contributed by atoms with Gasteiger partial charge in [-0.05, 0) is 39.2 Å². The Morgan fingerprint density at radius 2 is 1.95 bits per heavy atom. The molecule has 0 aromatic rings. The molecule has 0 unspecified atom stereocenters. The van der Waals surface area contributed by atoms with Gasteiger partial charge < -0.3 is 10.6 Å². The molecule has 0 bridgehead atoms. The molecule has 0 spiro atoms. The van der Waals surface area contributed by atoms with Gasteiger partial charge in [-0.3, -0.25) is 9.69 Å². The van der Waals surface area contributed by atoms with E-state index in [-0.39, 0.29) is 6.04 Å². The Morgan fingerprint density at radius 3 is 2.58 bits per heavy atom. The number of rotatable bonds is 4. The fourth-order valence-corrected chi connectivity index (χ4v) is 3.55. The summed E-state index contributed by atoms with van der Waals surface area (Å²) in [6.07, 6.45) is 8.52. The predicted octanol–water partition coefficient (Wildman–Crippen LogP) is 1.59. The highest BCUT2D eigenvalue weighted by Crippen LogP contribution is 2.22. The third-order valence-electron chi connectivity index (χ3n) is 4.58. The Kier molecular flexibility index (Phi) is 5.64. The van der Waals surface area contributed by atoms with Crippen molar-refractivity contribution in [3.63, 3.8) is 0 Å². The second-order valence-electron chi connectivity index (χ2n) is 6.11. The lowest BCUT2D eigenvalue weighted by Gasteiger charge is -2.36. The molecule has 0 aromatic heterocycles. The molecule has 1 aliphatic heterocycles. The minimum Gasteiger partial charge on any atom is -0.339 e. The number of piperidine rings is 1. The maximum absolute atomic E-state index is 12.5. The number of nitrogens with zero attached hydrogens (tertiary/aromatic N) is 2. The molecule has 110 valence electrons. The van der Waals surface area contributed by atoms with Gasteiger partial charge in [-0.1, -0.05) is 19.3 Å². The average molecular weight is 267 g/mol. The van der Waals surface area contributed by atoms with E-state index in [0.29, 0.717) is 18.5 Å². The standard InChI is InChI=1S/C15H29N3O/c1-2-18(14-8-4-3-5-9-14)15(19)12-17-10-6-7-13(16)11-17/h13-14H,2-12,16H2,1H3/t13-/m1/s1. The van der Waals surface area contributed by atoms with Crippen LogP contribution < -0.4 is 5.73 Å². The van der Waals surface area contributed by atoms with Crippen molar-refractivity contribution in [3.05, 3.63) is 0 Å². The van der Waals surface area contributed by atoms with E-state index in [1.54, 1.807) is 0 Å². The van der Waals surface area contributed by atoms with Crippen LogP contribution in [0.2, 0.25) is 0 Å². The number of carbonyl (C=O) groups is 1. The van der Waals surface area contributed by atoms with Gasteiger partial charge in [-0.2, -0.15) is 0 Å². The van der Waals surface area contributed by atoms with E-state index in [2.05, 4.69) is 16.7 Å². The first-order valence-corrected chi connectivity index (χ1v) is 7.98. The second kappa shape index (κ2) is 7.25. The summed E-state index contributed by atoms with van der Waals surface area (Å²) in [5.41, 5.74) is 5.99. The van der Waals surface area contributed by atoms with Crippen LogP contribution >= 0.6 is 0 Å². The zero-order valence-electron chi connectivity index (χ0n) is 12.3. The van der Waals surface area contributed by atoms with Crippen molar-refractivity contribution in [3.8, 4) is 0 Å². The van der Waals surface area contributed by atoms with Gasteiger partial charge in [-0.15, -0.1) is 0 Å². The molecule has 4 heteroatoms. The van der Waals surface area contributed by atoms with Gasteiger partial charge in [0.25, 0.3) is 0 Å². The Morgan fingerprint density at radius 1 is 1.21 bits per heavy atom. The highest BCUT2D eigenvalue weighted by Gasteiger charge is 2.26. The first kappa shape index (κ1) is 14.8. The van der Waals surface area contributed by atoms with Gasteiger partial charge in [0.05, 0.1) is 6.54 Å². The van der Waals surface area contributed by atoms with E-state index >= 15 is 0 Å². The van der Waals surface area contributed by atoms with E-state index < -0.39 is 0 Å². The van der Waals surface area contributed by atoms with Gasteiger partial charge in [0.2, 0.25) is 5.91 Å². The summed E-state index contributed by atoms with van der Waals surface area (Å²) in [7, 11) is 0. The fraction of sp³-hybridized carbons (Fsp3) is 0.933. The molecule has 2 N–H and O–H groups in total. The lowest BCUT2D eigenvalue weighted by molar-refractivity contribution is -0.135. The maximum Gasteiger partial charge on any atom is 0.236 e. The molecular weight excluding hydrogens is 238 g/mol. The quantitative estimate of drug-likeness (QED) is 0.841. The minimum absolute atomic E-state index is 0.256. The first-order valence-electron chi connectivity index (χ1n) is 7.98. The van der Waals surface area contributed by atoms with Crippen LogP contribution in [0.3, 0.4) is 0 Å². The second-order valence-corrected chi connectivity index (χ2v) is 6.11. The predicted molar refractivity (Wildman–Crippen MR) is 77.9 cm³/mol. The van der Waals surface area contributed by atoms with Crippen molar-refractivity contribution >= 4 is 5.91 Å². The Hall–Kier alpha value is -0.610. The lowest BCUT2D eigenvalue weighted by atomic mass is 9.94. The zero-order valence-corrected chi connectivity index (χ0v) is 12.3. The van der Waals surface area contributed by atoms with Crippen molar-refractivity contribution in [2.45, 2.75) is 64.0 Å². The van der Waals surface area contributed by atoms with Crippen LogP contribution in [0.4, 0.5) is 0 Å². The summed E-state index contributed by atoms with van der Waals surface area (Å²) in [6, 6.07) is 0.746. The molecule has 2 fully saturated rings. The largest absolute Gasteiger partial charge is 0.339 e. The summed E-state index contributed by atoms with van der Waals surface area (Å²) < 4.78 is 0. The average Bonchev–Trinajstić information content (AvgIpc) is 2.41. The van der Waals surface area contributed by atoms with Crippen molar-refractivity contribution in [2.75, 3.05) is 26.2 Å². The van der Waals surface area contributed by atoms with Crippen LogP contribution in [0.5, 0.6) is 0 Å².